The maximum absolute atomic E-state index is 12.2. The third-order valence-corrected chi connectivity index (χ3v) is 4.82. The standard InChI is InChI=1S/C18H27N5O2/c1-13(2)16-9-20-18(25-16)12-23(14(3)24)15-5-7-22(10-15)11-17-19-6-8-21(17)4/h6,8-9,13,15H,5,7,10-12H2,1-4H3/t15-/m0/s1. The van der Waals surface area contributed by atoms with E-state index in [4.69, 9.17) is 4.42 Å². The molecule has 0 aromatic carbocycles. The number of imidazole rings is 1. The van der Waals surface area contributed by atoms with Gasteiger partial charge in [-0.1, -0.05) is 13.8 Å². The van der Waals surface area contributed by atoms with Gasteiger partial charge in [-0.15, -0.1) is 0 Å². The second-order valence-corrected chi connectivity index (χ2v) is 7.09. The molecule has 2 aromatic rings. The van der Waals surface area contributed by atoms with E-state index in [0.29, 0.717) is 18.4 Å². The number of hydrogen-bond acceptors (Lipinski definition) is 5. The first-order valence-electron chi connectivity index (χ1n) is 8.84. The van der Waals surface area contributed by atoms with Gasteiger partial charge in [-0.3, -0.25) is 9.69 Å². The number of aromatic nitrogens is 3. The number of likely N-dealkylation sites (tertiary alicyclic amines) is 1. The fourth-order valence-electron chi connectivity index (χ4n) is 3.27. The summed E-state index contributed by atoms with van der Waals surface area (Å²) in [4.78, 5) is 25.1. The lowest BCUT2D eigenvalue weighted by Crippen LogP contribution is -2.40. The van der Waals surface area contributed by atoms with E-state index in [1.54, 1.807) is 13.1 Å². The van der Waals surface area contributed by atoms with Crippen molar-refractivity contribution in [2.45, 2.75) is 52.2 Å². The van der Waals surface area contributed by atoms with Crippen LogP contribution in [0.3, 0.4) is 0 Å². The molecule has 1 amide bonds. The number of oxazole rings is 1. The molecule has 0 saturated carbocycles. The van der Waals surface area contributed by atoms with Gasteiger partial charge >= 0.3 is 0 Å². The van der Waals surface area contributed by atoms with Gasteiger partial charge in [0.05, 0.1) is 19.3 Å². The zero-order valence-electron chi connectivity index (χ0n) is 15.5. The number of nitrogens with zero attached hydrogens (tertiary/aromatic N) is 5. The second kappa shape index (κ2) is 7.39. The average molecular weight is 345 g/mol. The van der Waals surface area contributed by atoms with Crippen molar-refractivity contribution in [2.24, 2.45) is 7.05 Å². The highest BCUT2D eigenvalue weighted by atomic mass is 16.4. The van der Waals surface area contributed by atoms with Crippen molar-refractivity contribution in [3.05, 3.63) is 36.1 Å². The van der Waals surface area contributed by atoms with Crippen LogP contribution in [0.1, 0.15) is 50.6 Å². The highest BCUT2D eigenvalue weighted by Gasteiger charge is 2.30. The fraction of sp³-hybridized carbons (Fsp3) is 0.611. The molecular weight excluding hydrogens is 318 g/mol. The molecule has 0 radical (unpaired) electrons. The predicted octanol–water partition coefficient (Wildman–Crippen LogP) is 2.15. The Labute approximate surface area is 148 Å². The van der Waals surface area contributed by atoms with Crippen LogP contribution in [0, 0.1) is 0 Å². The lowest BCUT2D eigenvalue weighted by atomic mass is 10.2. The Bertz CT molecular complexity index is 721. The van der Waals surface area contributed by atoms with Crippen molar-refractivity contribution in [1.29, 1.82) is 0 Å². The van der Waals surface area contributed by atoms with E-state index in [1.165, 1.54) is 0 Å². The molecule has 3 heterocycles. The number of rotatable bonds is 6. The minimum atomic E-state index is 0.0631. The van der Waals surface area contributed by atoms with E-state index in [-0.39, 0.29) is 11.9 Å². The van der Waals surface area contributed by atoms with Gasteiger partial charge in [-0.25, -0.2) is 9.97 Å². The maximum Gasteiger partial charge on any atom is 0.220 e. The second-order valence-electron chi connectivity index (χ2n) is 7.09. The first-order chi connectivity index (χ1) is 11.9. The van der Waals surface area contributed by atoms with Gasteiger partial charge in [-0.05, 0) is 6.42 Å². The Hall–Kier alpha value is -2.15. The maximum atomic E-state index is 12.2. The summed E-state index contributed by atoms with van der Waals surface area (Å²) in [7, 11) is 2.01. The van der Waals surface area contributed by atoms with E-state index in [9.17, 15) is 4.79 Å². The average Bonchev–Trinajstić information content (AvgIpc) is 3.27. The zero-order chi connectivity index (χ0) is 18.0. The van der Waals surface area contributed by atoms with Crippen LogP contribution in [0.2, 0.25) is 0 Å². The summed E-state index contributed by atoms with van der Waals surface area (Å²) >= 11 is 0. The first kappa shape index (κ1) is 17.7. The van der Waals surface area contributed by atoms with Gasteiger partial charge < -0.3 is 13.9 Å². The van der Waals surface area contributed by atoms with Crippen LogP contribution in [0.15, 0.2) is 23.0 Å². The molecule has 1 atom stereocenters. The Morgan fingerprint density at radius 1 is 1.44 bits per heavy atom. The monoisotopic (exact) mass is 345 g/mol. The lowest BCUT2D eigenvalue weighted by Gasteiger charge is -2.27. The highest BCUT2D eigenvalue weighted by Crippen LogP contribution is 2.21. The Morgan fingerprint density at radius 3 is 2.84 bits per heavy atom. The third-order valence-electron chi connectivity index (χ3n) is 4.82. The molecule has 1 saturated heterocycles. The van der Waals surface area contributed by atoms with Crippen LogP contribution in [0.5, 0.6) is 0 Å². The molecule has 1 aliphatic heterocycles. The van der Waals surface area contributed by atoms with E-state index in [0.717, 1.165) is 37.6 Å². The van der Waals surface area contributed by atoms with Gasteiger partial charge in [0.2, 0.25) is 11.8 Å². The Morgan fingerprint density at radius 2 is 2.24 bits per heavy atom. The first-order valence-corrected chi connectivity index (χ1v) is 8.84. The van der Waals surface area contributed by atoms with Crippen LogP contribution in [-0.4, -0.2) is 49.4 Å². The van der Waals surface area contributed by atoms with Crippen molar-refractivity contribution >= 4 is 5.91 Å². The minimum Gasteiger partial charge on any atom is -0.444 e. The topological polar surface area (TPSA) is 67.4 Å². The Kier molecular flexibility index (Phi) is 5.22. The molecule has 0 bridgehead atoms. The van der Waals surface area contributed by atoms with E-state index in [2.05, 4.69) is 28.7 Å². The van der Waals surface area contributed by atoms with E-state index >= 15 is 0 Å². The van der Waals surface area contributed by atoms with Crippen LogP contribution >= 0.6 is 0 Å². The molecule has 0 N–H and O–H groups in total. The van der Waals surface area contributed by atoms with Crippen molar-refractivity contribution in [3.63, 3.8) is 0 Å². The number of aryl methyl sites for hydroxylation is 1. The molecule has 0 unspecified atom stereocenters. The number of carbonyl (C=O) groups is 1. The lowest BCUT2D eigenvalue weighted by molar-refractivity contribution is -0.132. The van der Waals surface area contributed by atoms with Gasteiger partial charge in [0.1, 0.15) is 11.6 Å². The van der Waals surface area contributed by atoms with Gasteiger partial charge in [0.15, 0.2) is 0 Å². The van der Waals surface area contributed by atoms with Gasteiger partial charge in [0.25, 0.3) is 0 Å². The normalized spacial score (nSPS) is 18.2. The highest BCUT2D eigenvalue weighted by molar-refractivity contribution is 5.73. The summed E-state index contributed by atoms with van der Waals surface area (Å²) in [6.45, 7) is 8.81. The number of carbonyl (C=O) groups excluding carboxylic acids is 1. The summed E-state index contributed by atoms with van der Waals surface area (Å²) in [6.07, 6.45) is 6.50. The molecule has 0 spiro atoms. The largest absolute Gasteiger partial charge is 0.444 e. The number of amides is 1. The molecule has 1 aliphatic rings. The summed E-state index contributed by atoms with van der Waals surface area (Å²) in [6, 6.07) is 0.187. The van der Waals surface area contributed by atoms with Crippen LogP contribution < -0.4 is 0 Å². The SMILES string of the molecule is CC(=O)N(Cc1ncc(C(C)C)o1)[C@H]1CCN(Cc2nccn2C)C1. The van der Waals surface area contributed by atoms with Crippen LogP contribution in [0.25, 0.3) is 0 Å². The molecule has 1 fully saturated rings. The smallest absolute Gasteiger partial charge is 0.220 e. The van der Waals surface area contributed by atoms with Crippen molar-refractivity contribution in [1.82, 2.24) is 24.3 Å². The molecule has 136 valence electrons. The molecule has 7 nitrogen and oxygen atoms in total. The van der Waals surface area contributed by atoms with Crippen LogP contribution in [-0.2, 0) is 24.9 Å². The Balaban J connectivity index is 1.63. The van der Waals surface area contributed by atoms with Crippen molar-refractivity contribution in [2.75, 3.05) is 13.1 Å². The minimum absolute atomic E-state index is 0.0631. The fourth-order valence-corrected chi connectivity index (χ4v) is 3.27. The molecule has 25 heavy (non-hydrogen) atoms. The van der Waals surface area contributed by atoms with Gasteiger partial charge in [0, 0.05) is 51.4 Å². The quantitative estimate of drug-likeness (QED) is 0.802. The molecule has 3 rings (SSSR count). The van der Waals surface area contributed by atoms with Crippen molar-refractivity contribution < 1.29 is 9.21 Å². The van der Waals surface area contributed by atoms with Crippen LogP contribution in [0.4, 0.5) is 0 Å². The summed E-state index contributed by atoms with van der Waals surface area (Å²) in [5.41, 5.74) is 0. The van der Waals surface area contributed by atoms with E-state index < -0.39 is 0 Å². The summed E-state index contributed by atoms with van der Waals surface area (Å²) < 4.78 is 7.82. The molecule has 7 heteroatoms. The number of hydrogen-bond donors (Lipinski definition) is 0. The van der Waals surface area contributed by atoms with Gasteiger partial charge in [-0.2, -0.15) is 0 Å². The molecule has 2 aromatic heterocycles. The predicted molar refractivity (Wildman–Crippen MR) is 93.7 cm³/mol. The molecule has 0 aliphatic carbocycles. The summed E-state index contributed by atoms with van der Waals surface area (Å²) in [5, 5.41) is 0. The molecular formula is C18H27N5O2. The summed E-state index contributed by atoms with van der Waals surface area (Å²) in [5.74, 6) is 2.88. The zero-order valence-corrected chi connectivity index (χ0v) is 15.5. The van der Waals surface area contributed by atoms with Crippen molar-refractivity contribution in [3.8, 4) is 0 Å². The third kappa shape index (κ3) is 4.10. The van der Waals surface area contributed by atoms with E-state index in [1.807, 2.05) is 28.9 Å².